The quantitative estimate of drug-likeness (QED) is 0.542. The Balaban J connectivity index is 2.52. The Kier molecular flexibility index (Phi) is 5.89. The zero-order chi connectivity index (χ0) is 11.1. The number of halogens is 2. The third-order valence-electron chi connectivity index (χ3n) is 2.15. The van der Waals surface area contributed by atoms with Crippen LogP contribution in [0.1, 0.15) is 24.0 Å². The van der Waals surface area contributed by atoms with Crippen molar-refractivity contribution >= 4 is 23.2 Å². The van der Waals surface area contributed by atoms with E-state index in [9.17, 15) is 0 Å². The zero-order valence-corrected chi connectivity index (χ0v) is 10.4. The number of hydrogen-bond acceptors (Lipinski definition) is 1. The van der Waals surface area contributed by atoms with Gasteiger partial charge in [-0.2, -0.15) is 0 Å². The van der Waals surface area contributed by atoms with Gasteiger partial charge in [0.15, 0.2) is 0 Å². The second kappa shape index (κ2) is 6.97. The topological polar surface area (TPSA) is 9.23 Å². The molecule has 15 heavy (non-hydrogen) atoms. The second-order valence-electron chi connectivity index (χ2n) is 3.49. The van der Waals surface area contributed by atoms with Crippen LogP contribution < -0.4 is 4.74 Å². The van der Waals surface area contributed by atoms with Gasteiger partial charge in [-0.05, 0) is 25.8 Å². The van der Waals surface area contributed by atoms with Gasteiger partial charge in [-0.15, -0.1) is 23.2 Å². The second-order valence-corrected chi connectivity index (χ2v) is 4.13. The molecule has 0 aromatic heterocycles. The van der Waals surface area contributed by atoms with Crippen LogP contribution in [0.5, 0.6) is 5.75 Å². The summed E-state index contributed by atoms with van der Waals surface area (Å²) in [5.41, 5.74) is 2.27. The Morgan fingerprint density at radius 3 is 2.67 bits per heavy atom. The van der Waals surface area contributed by atoms with E-state index < -0.39 is 0 Å². The van der Waals surface area contributed by atoms with Crippen molar-refractivity contribution in [3.8, 4) is 5.75 Å². The van der Waals surface area contributed by atoms with E-state index in [0.29, 0.717) is 18.4 Å². The maximum absolute atomic E-state index is 5.84. The van der Waals surface area contributed by atoms with Crippen LogP contribution in [-0.4, -0.2) is 12.5 Å². The average molecular weight is 247 g/mol. The number of rotatable bonds is 6. The van der Waals surface area contributed by atoms with Crippen LogP contribution in [0.25, 0.3) is 0 Å². The summed E-state index contributed by atoms with van der Waals surface area (Å²) in [4.78, 5) is 0. The van der Waals surface area contributed by atoms with Gasteiger partial charge < -0.3 is 4.74 Å². The molecule has 0 radical (unpaired) electrons. The van der Waals surface area contributed by atoms with Gasteiger partial charge in [-0.3, -0.25) is 0 Å². The molecule has 0 aliphatic rings. The first-order chi connectivity index (χ1) is 7.27. The summed E-state index contributed by atoms with van der Waals surface area (Å²) in [6.45, 7) is 2.76. The zero-order valence-electron chi connectivity index (χ0n) is 8.93. The standard InChI is InChI=1S/C12H16Cl2O/c1-10-4-5-12(11(8-10)9-14)15-7-3-2-6-13/h4-5,8H,2-3,6-7,9H2,1H3. The van der Waals surface area contributed by atoms with Gasteiger partial charge in [0.05, 0.1) is 12.5 Å². The van der Waals surface area contributed by atoms with E-state index in [4.69, 9.17) is 27.9 Å². The fourth-order valence-electron chi connectivity index (χ4n) is 1.33. The van der Waals surface area contributed by atoms with Gasteiger partial charge in [0.25, 0.3) is 0 Å². The molecule has 84 valence electrons. The van der Waals surface area contributed by atoms with Crippen molar-refractivity contribution in [3.05, 3.63) is 29.3 Å². The lowest BCUT2D eigenvalue weighted by atomic mass is 10.1. The molecule has 0 unspecified atom stereocenters. The molecule has 1 rings (SSSR count). The fourth-order valence-corrected chi connectivity index (χ4v) is 1.73. The summed E-state index contributed by atoms with van der Waals surface area (Å²) in [6.07, 6.45) is 1.97. The molecule has 0 heterocycles. The van der Waals surface area contributed by atoms with Crippen molar-refractivity contribution in [3.63, 3.8) is 0 Å². The van der Waals surface area contributed by atoms with Crippen LogP contribution in [0, 0.1) is 6.92 Å². The Morgan fingerprint density at radius 2 is 2.00 bits per heavy atom. The highest BCUT2D eigenvalue weighted by Crippen LogP contribution is 2.22. The van der Waals surface area contributed by atoms with Crippen LogP contribution in [0.2, 0.25) is 0 Å². The van der Waals surface area contributed by atoms with Gasteiger partial charge in [0, 0.05) is 11.4 Å². The van der Waals surface area contributed by atoms with E-state index in [2.05, 4.69) is 6.07 Å². The summed E-state index contributed by atoms with van der Waals surface area (Å²) in [7, 11) is 0. The first-order valence-corrected chi connectivity index (χ1v) is 6.19. The summed E-state index contributed by atoms with van der Waals surface area (Å²) >= 11 is 11.4. The van der Waals surface area contributed by atoms with Crippen molar-refractivity contribution in [2.24, 2.45) is 0 Å². The van der Waals surface area contributed by atoms with E-state index in [1.165, 1.54) is 5.56 Å². The van der Waals surface area contributed by atoms with E-state index >= 15 is 0 Å². The lowest BCUT2D eigenvalue weighted by Crippen LogP contribution is -2.00. The molecule has 1 aromatic rings. The molecule has 0 amide bonds. The molecule has 0 bridgehead atoms. The van der Waals surface area contributed by atoms with Crippen LogP contribution >= 0.6 is 23.2 Å². The molecule has 0 saturated carbocycles. The molecular formula is C12H16Cl2O. The van der Waals surface area contributed by atoms with E-state index in [0.717, 1.165) is 24.2 Å². The Hall–Kier alpha value is -0.400. The third kappa shape index (κ3) is 4.31. The molecule has 0 aliphatic heterocycles. The van der Waals surface area contributed by atoms with Crippen LogP contribution in [-0.2, 0) is 5.88 Å². The molecule has 1 nitrogen and oxygen atoms in total. The lowest BCUT2D eigenvalue weighted by Gasteiger charge is -2.10. The minimum atomic E-state index is 0.493. The van der Waals surface area contributed by atoms with Crippen LogP contribution in [0.3, 0.4) is 0 Å². The van der Waals surface area contributed by atoms with Gasteiger partial charge in [0.2, 0.25) is 0 Å². The number of hydrogen-bond donors (Lipinski definition) is 0. The third-order valence-corrected chi connectivity index (χ3v) is 2.70. The number of benzene rings is 1. The van der Waals surface area contributed by atoms with Crippen LogP contribution in [0.4, 0.5) is 0 Å². The van der Waals surface area contributed by atoms with Gasteiger partial charge in [-0.25, -0.2) is 0 Å². The van der Waals surface area contributed by atoms with Crippen molar-refractivity contribution in [2.75, 3.05) is 12.5 Å². The summed E-state index contributed by atoms with van der Waals surface area (Å²) < 4.78 is 5.64. The van der Waals surface area contributed by atoms with E-state index in [1.54, 1.807) is 0 Å². The van der Waals surface area contributed by atoms with E-state index in [-0.39, 0.29) is 0 Å². The van der Waals surface area contributed by atoms with Crippen molar-refractivity contribution < 1.29 is 4.74 Å². The van der Waals surface area contributed by atoms with Gasteiger partial charge >= 0.3 is 0 Å². The van der Waals surface area contributed by atoms with Crippen molar-refractivity contribution in [2.45, 2.75) is 25.6 Å². The minimum absolute atomic E-state index is 0.493. The monoisotopic (exact) mass is 246 g/mol. The normalized spacial score (nSPS) is 10.3. The number of alkyl halides is 2. The van der Waals surface area contributed by atoms with Crippen molar-refractivity contribution in [1.29, 1.82) is 0 Å². The highest BCUT2D eigenvalue weighted by atomic mass is 35.5. The highest BCUT2D eigenvalue weighted by molar-refractivity contribution is 6.17. The molecule has 0 spiro atoms. The molecule has 0 atom stereocenters. The van der Waals surface area contributed by atoms with Gasteiger partial charge in [0.1, 0.15) is 5.75 Å². The molecule has 0 aliphatic carbocycles. The predicted octanol–water partition coefficient (Wildman–Crippen LogP) is 4.13. The van der Waals surface area contributed by atoms with Crippen molar-refractivity contribution in [1.82, 2.24) is 0 Å². The number of aryl methyl sites for hydroxylation is 1. The predicted molar refractivity (Wildman–Crippen MR) is 66.2 cm³/mol. The lowest BCUT2D eigenvalue weighted by molar-refractivity contribution is 0.307. The van der Waals surface area contributed by atoms with E-state index in [1.807, 2.05) is 19.1 Å². The SMILES string of the molecule is Cc1ccc(OCCCCCl)c(CCl)c1. The van der Waals surface area contributed by atoms with Gasteiger partial charge in [-0.1, -0.05) is 17.7 Å². The minimum Gasteiger partial charge on any atom is -0.493 e. The fraction of sp³-hybridized carbons (Fsp3) is 0.500. The molecular weight excluding hydrogens is 231 g/mol. The van der Waals surface area contributed by atoms with Crippen LogP contribution in [0.15, 0.2) is 18.2 Å². The molecule has 3 heteroatoms. The summed E-state index contributed by atoms with van der Waals surface area (Å²) in [6, 6.07) is 6.07. The largest absolute Gasteiger partial charge is 0.493 e. The number of ether oxygens (including phenoxy) is 1. The Labute approximate surface area is 101 Å². The smallest absolute Gasteiger partial charge is 0.123 e. The first-order valence-electron chi connectivity index (χ1n) is 5.12. The highest BCUT2D eigenvalue weighted by Gasteiger charge is 2.02. The molecule has 0 saturated heterocycles. The Morgan fingerprint density at radius 1 is 1.20 bits per heavy atom. The first kappa shape index (κ1) is 12.7. The molecule has 0 fully saturated rings. The maximum Gasteiger partial charge on any atom is 0.123 e. The Bertz CT molecular complexity index is 300. The maximum atomic E-state index is 5.84. The number of unbranched alkanes of at least 4 members (excludes halogenated alkanes) is 1. The molecule has 1 aromatic carbocycles. The average Bonchev–Trinajstić information content (AvgIpc) is 2.26. The summed E-state index contributed by atoms with van der Waals surface area (Å²) in [5, 5.41) is 0. The summed E-state index contributed by atoms with van der Waals surface area (Å²) in [5.74, 6) is 2.08. The molecule has 0 N–H and O–H groups in total.